The van der Waals surface area contributed by atoms with Crippen molar-refractivity contribution in [2.45, 2.75) is 26.9 Å². The number of aromatic nitrogens is 1. The molecule has 144 valence electrons. The third kappa shape index (κ3) is 4.88. The largest absolute Gasteiger partial charge is 0.491 e. The number of hydrogen-bond donors (Lipinski definition) is 1. The summed E-state index contributed by atoms with van der Waals surface area (Å²) in [5, 5.41) is 3.23. The molecule has 0 bridgehead atoms. The molecule has 0 aliphatic rings. The van der Waals surface area contributed by atoms with Gasteiger partial charge < -0.3 is 15.0 Å². The lowest BCUT2D eigenvalue weighted by Gasteiger charge is -2.21. The van der Waals surface area contributed by atoms with Gasteiger partial charge in [0.25, 0.3) is 5.91 Å². The number of hydrogen-bond acceptors (Lipinski definition) is 4. The first-order valence-corrected chi connectivity index (χ1v) is 9.43. The Balaban J connectivity index is 1.68. The molecular formula is C23H25N3O2. The minimum absolute atomic E-state index is 0.0667. The van der Waals surface area contributed by atoms with Gasteiger partial charge >= 0.3 is 0 Å². The van der Waals surface area contributed by atoms with E-state index in [2.05, 4.69) is 10.3 Å². The number of anilines is 3. The Morgan fingerprint density at radius 2 is 1.75 bits per heavy atom. The highest BCUT2D eigenvalue weighted by molar-refractivity contribution is 6.05. The van der Waals surface area contributed by atoms with E-state index < -0.39 is 0 Å². The third-order valence-electron chi connectivity index (χ3n) is 4.14. The number of nitrogens with one attached hydrogen (secondary N) is 1. The fourth-order valence-corrected chi connectivity index (χ4v) is 2.84. The van der Waals surface area contributed by atoms with E-state index in [-0.39, 0.29) is 12.0 Å². The fraction of sp³-hybridized carbons (Fsp3) is 0.217. The summed E-state index contributed by atoms with van der Waals surface area (Å²) in [6.45, 7) is 6.54. The molecule has 0 atom stereocenters. The second kappa shape index (κ2) is 9.04. The minimum atomic E-state index is -0.0667. The van der Waals surface area contributed by atoms with Crippen molar-refractivity contribution < 1.29 is 9.53 Å². The van der Waals surface area contributed by atoms with Crippen LogP contribution in [-0.4, -0.2) is 23.5 Å². The second-order valence-corrected chi connectivity index (χ2v) is 6.63. The van der Waals surface area contributed by atoms with E-state index in [1.165, 1.54) is 0 Å². The van der Waals surface area contributed by atoms with Gasteiger partial charge in [-0.2, -0.15) is 0 Å². The molecule has 0 saturated heterocycles. The lowest BCUT2D eigenvalue weighted by molar-refractivity contribution is 0.0988. The SMILES string of the molecule is CCN(C(=O)c1ccc(Nc2ccc(OC(C)C)cc2)nc1)c1ccccc1. The van der Waals surface area contributed by atoms with E-state index in [1.807, 2.05) is 81.4 Å². The molecule has 0 spiro atoms. The third-order valence-corrected chi connectivity index (χ3v) is 4.14. The lowest BCUT2D eigenvalue weighted by atomic mass is 10.2. The van der Waals surface area contributed by atoms with Crippen molar-refractivity contribution in [3.63, 3.8) is 0 Å². The molecule has 2 aromatic carbocycles. The molecule has 0 radical (unpaired) electrons. The standard InChI is InChI=1S/C23H25N3O2/c1-4-26(20-8-6-5-7-9-20)23(27)18-10-15-22(24-16-18)25-19-11-13-21(14-12-19)28-17(2)3/h5-17H,4H2,1-3H3,(H,24,25). The minimum Gasteiger partial charge on any atom is -0.491 e. The number of carbonyl (C=O) groups excluding carboxylic acids is 1. The van der Waals surface area contributed by atoms with E-state index in [9.17, 15) is 4.79 Å². The smallest absolute Gasteiger partial charge is 0.259 e. The van der Waals surface area contributed by atoms with Crippen LogP contribution in [-0.2, 0) is 0 Å². The van der Waals surface area contributed by atoms with Crippen LogP contribution in [0.25, 0.3) is 0 Å². The first kappa shape index (κ1) is 19.4. The highest BCUT2D eigenvalue weighted by atomic mass is 16.5. The molecule has 5 nitrogen and oxygen atoms in total. The Morgan fingerprint density at radius 1 is 1.04 bits per heavy atom. The van der Waals surface area contributed by atoms with E-state index in [4.69, 9.17) is 4.74 Å². The second-order valence-electron chi connectivity index (χ2n) is 6.63. The van der Waals surface area contributed by atoms with E-state index >= 15 is 0 Å². The summed E-state index contributed by atoms with van der Waals surface area (Å²) in [4.78, 5) is 18.9. The number of carbonyl (C=O) groups is 1. The predicted octanol–water partition coefficient (Wildman–Crippen LogP) is 5.28. The molecular weight excluding hydrogens is 350 g/mol. The van der Waals surface area contributed by atoms with Gasteiger partial charge in [-0.15, -0.1) is 0 Å². The van der Waals surface area contributed by atoms with Crippen LogP contribution in [0.3, 0.4) is 0 Å². The number of ether oxygens (including phenoxy) is 1. The van der Waals surface area contributed by atoms with Crippen LogP contribution in [0.5, 0.6) is 5.75 Å². The molecule has 0 saturated carbocycles. The summed E-state index contributed by atoms with van der Waals surface area (Å²) in [6.07, 6.45) is 1.75. The van der Waals surface area contributed by atoms with Gasteiger partial charge in [-0.3, -0.25) is 4.79 Å². The Bertz CT molecular complexity index is 891. The number of para-hydroxylation sites is 1. The van der Waals surface area contributed by atoms with Gasteiger partial charge in [-0.05, 0) is 69.3 Å². The van der Waals surface area contributed by atoms with Gasteiger partial charge in [0.1, 0.15) is 11.6 Å². The first-order valence-electron chi connectivity index (χ1n) is 9.43. The molecule has 0 fully saturated rings. The molecule has 0 aliphatic carbocycles. The molecule has 0 aliphatic heterocycles. The summed E-state index contributed by atoms with van der Waals surface area (Å²) < 4.78 is 5.65. The number of rotatable bonds is 7. The van der Waals surface area contributed by atoms with Gasteiger partial charge in [-0.25, -0.2) is 4.98 Å². The maximum atomic E-state index is 12.8. The number of amides is 1. The first-order chi connectivity index (χ1) is 13.6. The van der Waals surface area contributed by atoms with E-state index in [0.717, 1.165) is 17.1 Å². The number of pyridine rings is 1. The zero-order valence-corrected chi connectivity index (χ0v) is 16.4. The van der Waals surface area contributed by atoms with Crippen LogP contribution in [0.2, 0.25) is 0 Å². The summed E-state index contributed by atoms with van der Waals surface area (Å²) in [6, 6.07) is 20.9. The Kier molecular flexibility index (Phi) is 6.27. The Morgan fingerprint density at radius 3 is 2.32 bits per heavy atom. The molecule has 0 unspecified atom stereocenters. The molecule has 28 heavy (non-hydrogen) atoms. The topological polar surface area (TPSA) is 54.5 Å². The quantitative estimate of drug-likeness (QED) is 0.610. The van der Waals surface area contributed by atoms with Crippen molar-refractivity contribution in [3.05, 3.63) is 78.5 Å². The number of nitrogens with zero attached hydrogens (tertiary/aromatic N) is 2. The average Bonchev–Trinajstić information content (AvgIpc) is 2.71. The maximum Gasteiger partial charge on any atom is 0.259 e. The van der Waals surface area contributed by atoms with Crippen molar-refractivity contribution in [2.24, 2.45) is 0 Å². The van der Waals surface area contributed by atoms with Crippen molar-refractivity contribution in [2.75, 3.05) is 16.8 Å². The Labute approximate surface area is 166 Å². The van der Waals surface area contributed by atoms with Crippen LogP contribution in [0.15, 0.2) is 72.9 Å². The normalized spacial score (nSPS) is 10.6. The van der Waals surface area contributed by atoms with Crippen LogP contribution in [0.4, 0.5) is 17.2 Å². The highest BCUT2D eigenvalue weighted by Crippen LogP contribution is 2.21. The van der Waals surface area contributed by atoms with Crippen LogP contribution in [0.1, 0.15) is 31.1 Å². The van der Waals surface area contributed by atoms with Crippen LogP contribution >= 0.6 is 0 Å². The molecule has 1 N–H and O–H groups in total. The molecule has 1 aromatic heterocycles. The van der Waals surface area contributed by atoms with Gasteiger partial charge in [0.15, 0.2) is 0 Å². The van der Waals surface area contributed by atoms with Crippen LogP contribution in [0, 0.1) is 0 Å². The summed E-state index contributed by atoms with van der Waals surface area (Å²) in [5.74, 6) is 1.44. The van der Waals surface area contributed by atoms with Gasteiger partial charge in [0, 0.05) is 24.1 Å². The maximum absolute atomic E-state index is 12.8. The Hall–Kier alpha value is -3.34. The monoisotopic (exact) mass is 375 g/mol. The van der Waals surface area contributed by atoms with Crippen LogP contribution < -0.4 is 15.0 Å². The highest BCUT2D eigenvalue weighted by Gasteiger charge is 2.16. The predicted molar refractivity (Wildman–Crippen MR) is 114 cm³/mol. The molecule has 3 rings (SSSR count). The van der Waals surface area contributed by atoms with Crippen molar-refractivity contribution in [1.82, 2.24) is 4.98 Å². The molecule has 5 heteroatoms. The van der Waals surface area contributed by atoms with Crippen molar-refractivity contribution >= 4 is 23.1 Å². The molecule has 1 heterocycles. The summed E-state index contributed by atoms with van der Waals surface area (Å²) >= 11 is 0. The van der Waals surface area contributed by atoms with Crippen molar-refractivity contribution in [1.29, 1.82) is 0 Å². The average molecular weight is 375 g/mol. The summed E-state index contributed by atoms with van der Waals surface area (Å²) in [5.41, 5.74) is 2.33. The number of benzene rings is 2. The van der Waals surface area contributed by atoms with Crippen molar-refractivity contribution in [3.8, 4) is 5.75 Å². The molecule has 1 amide bonds. The molecule has 3 aromatic rings. The van der Waals surface area contributed by atoms with Gasteiger partial charge in [0.2, 0.25) is 0 Å². The van der Waals surface area contributed by atoms with Gasteiger partial charge in [-0.1, -0.05) is 18.2 Å². The van der Waals surface area contributed by atoms with E-state index in [1.54, 1.807) is 17.2 Å². The zero-order chi connectivity index (χ0) is 19.9. The zero-order valence-electron chi connectivity index (χ0n) is 16.4. The fourth-order valence-electron chi connectivity index (χ4n) is 2.84. The van der Waals surface area contributed by atoms with E-state index in [0.29, 0.717) is 17.9 Å². The lowest BCUT2D eigenvalue weighted by Crippen LogP contribution is -2.30. The summed E-state index contributed by atoms with van der Waals surface area (Å²) in [7, 11) is 0. The van der Waals surface area contributed by atoms with Gasteiger partial charge in [0.05, 0.1) is 11.7 Å².